The van der Waals surface area contributed by atoms with Gasteiger partial charge in [-0.1, -0.05) is 5.92 Å². The molecule has 0 aromatic carbocycles. The first-order chi connectivity index (χ1) is 6.75. The molecule has 1 heterocycles. The lowest BCUT2D eigenvalue weighted by Crippen LogP contribution is -2.17. The lowest BCUT2D eigenvalue weighted by molar-refractivity contribution is 0.0667. The third kappa shape index (κ3) is 2.82. The van der Waals surface area contributed by atoms with Gasteiger partial charge in [-0.2, -0.15) is 8.78 Å². The van der Waals surface area contributed by atoms with Gasteiger partial charge in [0.2, 0.25) is 0 Å². The fourth-order valence-corrected chi connectivity index (χ4v) is 0.984. The Balaban J connectivity index is 2.48. The number of nitrogens with zero attached hydrogens (tertiary/aromatic N) is 2. The number of hydrogen-bond acceptors (Lipinski definition) is 2. The summed E-state index contributed by atoms with van der Waals surface area (Å²) in [6.45, 7) is -0.0352. The van der Waals surface area contributed by atoms with Gasteiger partial charge in [0.1, 0.15) is 5.82 Å². The first-order valence-corrected chi connectivity index (χ1v) is 4.16. The summed E-state index contributed by atoms with van der Waals surface area (Å²) in [6, 6.07) is 0. The van der Waals surface area contributed by atoms with E-state index < -0.39 is 6.55 Å². The quantitative estimate of drug-likeness (QED) is 0.586. The van der Waals surface area contributed by atoms with Crippen LogP contribution in [0, 0.1) is 11.8 Å². The summed E-state index contributed by atoms with van der Waals surface area (Å²) in [7, 11) is 0. The van der Waals surface area contributed by atoms with Gasteiger partial charge < -0.3 is 0 Å². The summed E-state index contributed by atoms with van der Waals surface area (Å²) < 4.78 is 25.4. The van der Waals surface area contributed by atoms with Crippen molar-refractivity contribution < 1.29 is 8.78 Å². The largest absolute Gasteiger partial charge is 0.319 e. The van der Waals surface area contributed by atoms with Gasteiger partial charge in [0, 0.05) is 12.4 Å². The second-order valence-electron chi connectivity index (χ2n) is 2.56. The van der Waals surface area contributed by atoms with Gasteiger partial charge in [0.25, 0.3) is 0 Å². The predicted octanol–water partition coefficient (Wildman–Crippen LogP) is 1.39. The number of alkyl halides is 2. The van der Waals surface area contributed by atoms with Crippen molar-refractivity contribution in [2.24, 2.45) is 0 Å². The molecule has 1 N–H and O–H groups in total. The standard InChI is InChI=1S/C9H11F2N3/c1-2-3-4-12-7-8-13-5-6-14(8)9(10)11/h5-6,9,12H,4,7H2,1H3. The van der Waals surface area contributed by atoms with Gasteiger partial charge in [-0.3, -0.25) is 9.88 Å². The van der Waals surface area contributed by atoms with Crippen LogP contribution in [0.25, 0.3) is 0 Å². The van der Waals surface area contributed by atoms with E-state index in [-0.39, 0.29) is 0 Å². The molecule has 0 bridgehead atoms. The Labute approximate surface area is 81.1 Å². The molecule has 3 nitrogen and oxygen atoms in total. The van der Waals surface area contributed by atoms with Crippen molar-refractivity contribution in [2.75, 3.05) is 6.54 Å². The summed E-state index contributed by atoms with van der Waals surface area (Å²) in [6.07, 6.45) is 2.61. The predicted molar refractivity (Wildman–Crippen MR) is 48.6 cm³/mol. The summed E-state index contributed by atoms with van der Waals surface area (Å²) in [5.74, 6) is 5.79. The van der Waals surface area contributed by atoms with Gasteiger partial charge in [-0.25, -0.2) is 4.98 Å². The SMILES string of the molecule is CC#CCNCc1nccn1C(F)F. The monoisotopic (exact) mass is 199 g/mol. The molecule has 0 aliphatic rings. The van der Waals surface area contributed by atoms with Crippen molar-refractivity contribution in [3.63, 3.8) is 0 Å². The highest BCUT2D eigenvalue weighted by Crippen LogP contribution is 2.11. The smallest absolute Gasteiger partial charge is 0.299 e. The molecule has 0 radical (unpaired) electrons. The average Bonchev–Trinajstić information content (AvgIpc) is 2.60. The lowest BCUT2D eigenvalue weighted by Gasteiger charge is -2.05. The maximum atomic E-state index is 12.3. The van der Waals surface area contributed by atoms with E-state index in [2.05, 4.69) is 22.1 Å². The molecule has 0 atom stereocenters. The minimum Gasteiger partial charge on any atom is -0.299 e. The van der Waals surface area contributed by atoms with Crippen LogP contribution in [0.5, 0.6) is 0 Å². The highest BCUT2D eigenvalue weighted by atomic mass is 19.3. The Morgan fingerprint density at radius 3 is 3.07 bits per heavy atom. The molecule has 0 fully saturated rings. The number of nitrogens with one attached hydrogen (secondary N) is 1. The van der Waals surface area contributed by atoms with Crippen molar-refractivity contribution in [3.05, 3.63) is 18.2 Å². The van der Waals surface area contributed by atoms with E-state index in [1.54, 1.807) is 6.92 Å². The summed E-state index contributed by atoms with van der Waals surface area (Å²) in [5, 5.41) is 2.89. The zero-order chi connectivity index (χ0) is 10.4. The molecule has 1 aromatic rings. The highest BCUT2D eigenvalue weighted by molar-refractivity contribution is 4.98. The van der Waals surface area contributed by atoms with E-state index in [9.17, 15) is 8.78 Å². The lowest BCUT2D eigenvalue weighted by atomic mass is 10.5. The molecule has 0 spiro atoms. The zero-order valence-electron chi connectivity index (χ0n) is 7.80. The number of aromatic nitrogens is 2. The number of hydrogen-bond donors (Lipinski definition) is 1. The van der Waals surface area contributed by atoms with Crippen LogP contribution < -0.4 is 5.32 Å². The van der Waals surface area contributed by atoms with E-state index in [1.807, 2.05) is 0 Å². The Morgan fingerprint density at radius 2 is 2.43 bits per heavy atom. The Kier molecular flexibility index (Phi) is 4.08. The van der Waals surface area contributed by atoms with Crippen molar-refractivity contribution in [1.82, 2.24) is 14.9 Å². The van der Waals surface area contributed by atoms with Crippen LogP contribution in [0.4, 0.5) is 8.78 Å². The molecule has 1 aromatic heterocycles. The number of halogens is 2. The van der Waals surface area contributed by atoms with E-state index in [1.165, 1.54) is 12.4 Å². The summed E-state index contributed by atoms with van der Waals surface area (Å²) >= 11 is 0. The maximum Gasteiger partial charge on any atom is 0.319 e. The molecule has 0 unspecified atom stereocenters. The molecule has 1 rings (SSSR count). The van der Waals surface area contributed by atoms with E-state index in [4.69, 9.17) is 0 Å². The first-order valence-electron chi connectivity index (χ1n) is 4.16. The summed E-state index contributed by atoms with van der Waals surface area (Å²) in [5.41, 5.74) is 0. The Morgan fingerprint density at radius 1 is 1.64 bits per heavy atom. The molecule has 76 valence electrons. The third-order valence-electron chi connectivity index (χ3n) is 1.63. The first kappa shape index (κ1) is 10.7. The van der Waals surface area contributed by atoms with Crippen LogP contribution in [0.2, 0.25) is 0 Å². The van der Waals surface area contributed by atoms with Crippen LogP contribution in [-0.2, 0) is 6.54 Å². The second kappa shape index (κ2) is 5.35. The van der Waals surface area contributed by atoms with E-state index >= 15 is 0 Å². The van der Waals surface area contributed by atoms with Gasteiger partial charge in [-0.05, 0) is 6.92 Å². The van der Waals surface area contributed by atoms with Crippen LogP contribution in [0.3, 0.4) is 0 Å². The maximum absolute atomic E-state index is 12.3. The van der Waals surface area contributed by atoms with Crippen molar-refractivity contribution >= 4 is 0 Å². The summed E-state index contributed by atoms with van der Waals surface area (Å²) in [4.78, 5) is 3.81. The molecule has 5 heteroatoms. The van der Waals surface area contributed by atoms with Crippen molar-refractivity contribution in [3.8, 4) is 11.8 Å². The van der Waals surface area contributed by atoms with Crippen molar-refractivity contribution in [1.29, 1.82) is 0 Å². The zero-order valence-corrected chi connectivity index (χ0v) is 7.80. The highest BCUT2D eigenvalue weighted by Gasteiger charge is 2.09. The number of rotatable bonds is 4. The van der Waals surface area contributed by atoms with E-state index in [0.29, 0.717) is 18.9 Å². The molecule has 14 heavy (non-hydrogen) atoms. The van der Waals surface area contributed by atoms with Gasteiger partial charge in [-0.15, -0.1) is 5.92 Å². The van der Waals surface area contributed by atoms with Gasteiger partial charge in [0.05, 0.1) is 13.1 Å². The molecule has 0 saturated carbocycles. The molecule has 0 aliphatic carbocycles. The molecular formula is C9H11F2N3. The second-order valence-corrected chi connectivity index (χ2v) is 2.56. The minimum atomic E-state index is -2.54. The average molecular weight is 199 g/mol. The molecule has 0 amide bonds. The van der Waals surface area contributed by atoms with Gasteiger partial charge >= 0.3 is 6.55 Å². The third-order valence-corrected chi connectivity index (χ3v) is 1.63. The van der Waals surface area contributed by atoms with Crippen molar-refractivity contribution in [2.45, 2.75) is 20.0 Å². The van der Waals surface area contributed by atoms with Crippen LogP contribution in [0.15, 0.2) is 12.4 Å². The van der Waals surface area contributed by atoms with Crippen LogP contribution in [0.1, 0.15) is 19.3 Å². The fourth-order valence-electron chi connectivity index (χ4n) is 0.984. The minimum absolute atomic E-state index is 0.298. The van der Waals surface area contributed by atoms with Gasteiger partial charge in [0.15, 0.2) is 0 Å². The number of imidazole rings is 1. The van der Waals surface area contributed by atoms with E-state index in [0.717, 1.165) is 4.57 Å². The topological polar surface area (TPSA) is 29.9 Å². The normalized spacial score (nSPS) is 10.0. The fraction of sp³-hybridized carbons (Fsp3) is 0.444. The Hall–Kier alpha value is -1.41. The molecular weight excluding hydrogens is 188 g/mol. The molecule has 0 saturated heterocycles. The van der Waals surface area contributed by atoms with Crippen LogP contribution >= 0.6 is 0 Å². The molecule has 0 aliphatic heterocycles. The van der Waals surface area contributed by atoms with Crippen LogP contribution in [-0.4, -0.2) is 16.1 Å². The Bertz CT molecular complexity index is 335.